The molecule has 4 N–H and O–H groups in total. The van der Waals surface area contributed by atoms with Gasteiger partial charge in [0.05, 0.1) is 0 Å². The Bertz CT molecular complexity index is 669. The summed E-state index contributed by atoms with van der Waals surface area (Å²) in [6.07, 6.45) is 4.92. The molecule has 1 aromatic carbocycles. The average molecular weight is 366 g/mol. The second-order valence-corrected chi connectivity index (χ2v) is 6.89. The second-order valence-electron chi connectivity index (χ2n) is 5.93. The monoisotopic (exact) mass is 365 g/mol. The zero-order valence-corrected chi connectivity index (χ0v) is 15.3. The number of hydrogen-bond acceptors (Lipinski definition) is 3. The summed E-state index contributed by atoms with van der Waals surface area (Å²) in [6.45, 7) is 1.68. The predicted octanol–water partition coefficient (Wildman–Crippen LogP) is 3.51. The number of amides is 2. The molecular weight excluding hydrogens is 342 g/mol. The summed E-state index contributed by atoms with van der Waals surface area (Å²) in [7, 11) is 0. The molecule has 0 unspecified atom stereocenters. The lowest BCUT2D eigenvalue weighted by molar-refractivity contribution is 0.240. The van der Waals surface area contributed by atoms with Gasteiger partial charge < -0.3 is 16.4 Å². The molecule has 1 aromatic heterocycles. The minimum absolute atomic E-state index is 0. The van der Waals surface area contributed by atoms with Gasteiger partial charge in [-0.25, -0.2) is 4.79 Å². The number of nitrogens with one attached hydrogen (secondary N) is 2. The van der Waals surface area contributed by atoms with Gasteiger partial charge in [0.2, 0.25) is 0 Å². The van der Waals surface area contributed by atoms with E-state index in [9.17, 15) is 4.79 Å². The first-order chi connectivity index (χ1) is 11.3. The fourth-order valence-corrected chi connectivity index (χ4v) is 4.07. The molecule has 0 aliphatic heterocycles. The Morgan fingerprint density at radius 1 is 1.04 bits per heavy atom. The van der Waals surface area contributed by atoms with Crippen molar-refractivity contribution in [3.63, 3.8) is 0 Å². The summed E-state index contributed by atoms with van der Waals surface area (Å²) < 4.78 is 0. The van der Waals surface area contributed by atoms with Crippen molar-refractivity contribution in [2.45, 2.75) is 45.3 Å². The van der Waals surface area contributed by atoms with E-state index in [-0.39, 0.29) is 18.4 Å². The number of nitrogens with two attached hydrogens (primary N) is 1. The molecule has 0 saturated carbocycles. The van der Waals surface area contributed by atoms with E-state index in [2.05, 4.69) is 16.0 Å². The first-order valence-corrected chi connectivity index (χ1v) is 9.02. The van der Waals surface area contributed by atoms with Gasteiger partial charge in [-0.1, -0.05) is 24.3 Å². The number of aryl methyl sites for hydroxylation is 1. The summed E-state index contributed by atoms with van der Waals surface area (Å²) in [4.78, 5) is 13.5. The number of fused-ring (bicyclic) bond motifs is 1. The summed E-state index contributed by atoms with van der Waals surface area (Å²) in [6, 6.07) is 7.86. The zero-order chi connectivity index (χ0) is 16.1. The van der Waals surface area contributed by atoms with E-state index in [0.717, 1.165) is 17.5 Å². The zero-order valence-electron chi connectivity index (χ0n) is 13.6. The van der Waals surface area contributed by atoms with Crippen molar-refractivity contribution in [2.75, 3.05) is 0 Å². The van der Waals surface area contributed by atoms with Crippen LogP contribution >= 0.6 is 23.7 Å². The number of rotatable bonds is 5. The lowest BCUT2D eigenvalue weighted by Crippen LogP contribution is -2.34. The van der Waals surface area contributed by atoms with Crippen molar-refractivity contribution in [3.8, 4) is 0 Å². The topological polar surface area (TPSA) is 67.1 Å². The van der Waals surface area contributed by atoms with Crippen molar-refractivity contribution in [3.05, 3.63) is 56.8 Å². The van der Waals surface area contributed by atoms with Crippen molar-refractivity contribution < 1.29 is 4.79 Å². The number of hydrogen-bond donors (Lipinski definition) is 3. The Labute approximate surface area is 153 Å². The van der Waals surface area contributed by atoms with Crippen molar-refractivity contribution in [1.29, 1.82) is 0 Å². The third-order valence-corrected chi connectivity index (χ3v) is 5.44. The Balaban J connectivity index is 0.00000208. The Kier molecular flexibility index (Phi) is 7.09. The molecule has 3 rings (SSSR count). The van der Waals surface area contributed by atoms with Crippen molar-refractivity contribution in [1.82, 2.24) is 10.6 Å². The quantitative estimate of drug-likeness (QED) is 0.759. The molecule has 6 heteroatoms. The minimum Gasteiger partial charge on any atom is -0.334 e. The minimum atomic E-state index is -0.122. The smallest absolute Gasteiger partial charge is 0.315 e. The summed E-state index contributed by atoms with van der Waals surface area (Å²) in [5, 5.41) is 8.06. The predicted molar refractivity (Wildman–Crippen MR) is 102 cm³/mol. The van der Waals surface area contributed by atoms with Gasteiger partial charge >= 0.3 is 6.03 Å². The van der Waals surface area contributed by atoms with E-state index in [1.165, 1.54) is 35.3 Å². The van der Waals surface area contributed by atoms with Crippen LogP contribution in [0.15, 0.2) is 29.6 Å². The summed E-state index contributed by atoms with van der Waals surface area (Å²) >= 11 is 1.84. The molecular formula is C18H24ClN3OS. The fourth-order valence-electron chi connectivity index (χ4n) is 2.92. The Morgan fingerprint density at radius 2 is 1.71 bits per heavy atom. The lowest BCUT2D eigenvalue weighted by Gasteiger charge is -2.13. The van der Waals surface area contributed by atoms with Crippen LogP contribution in [0.25, 0.3) is 0 Å². The molecule has 0 radical (unpaired) electrons. The number of carbonyl (C=O) groups is 1. The van der Waals surface area contributed by atoms with E-state index in [0.29, 0.717) is 19.6 Å². The largest absolute Gasteiger partial charge is 0.334 e. The molecule has 0 atom stereocenters. The lowest BCUT2D eigenvalue weighted by atomic mass is 9.96. The third kappa shape index (κ3) is 4.72. The van der Waals surface area contributed by atoms with Crippen molar-refractivity contribution in [2.24, 2.45) is 5.73 Å². The SMILES string of the molecule is Cl.NCc1ccc(CNC(=O)NCc2csc3c2CCCC3)cc1. The summed E-state index contributed by atoms with van der Waals surface area (Å²) in [5.74, 6) is 0. The van der Waals surface area contributed by atoms with Crippen LogP contribution in [0.5, 0.6) is 0 Å². The van der Waals surface area contributed by atoms with E-state index in [1.54, 1.807) is 0 Å². The van der Waals surface area contributed by atoms with Crippen LogP contribution in [0, 0.1) is 0 Å². The molecule has 2 aromatic rings. The standard InChI is InChI=1S/C18H23N3OS.ClH/c19-9-13-5-7-14(8-6-13)10-20-18(22)21-11-15-12-23-17-4-2-1-3-16(15)17;/h5-8,12H,1-4,9-11,19H2,(H2,20,21,22);1H. The molecule has 0 spiro atoms. The van der Waals surface area contributed by atoms with Crippen molar-refractivity contribution >= 4 is 29.8 Å². The van der Waals surface area contributed by atoms with Gasteiger partial charge in [-0.15, -0.1) is 23.7 Å². The van der Waals surface area contributed by atoms with Gasteiger partial charge in [-0.2, -0.15) is 0 Å². The highest BCUT2D eigenvalue weighted by Gasteiger charge is 2.15. The van der Waals surface area contributed by atoms with E-state index < -0.39 is 0 Å². The number of benzene rings is 1. The highest BCUT2D eigenvalue weighted by molar-refractivity contribution is 7.10. The van der Waals surface area contributed by atoms with Gasteiger partial charge in [0, 0.05) is 24.5 Å². The Hall–Kier alpha value is -1.56. The average Bonchev–Trinajstić information content (AvgIpc) is 3.02. The van der Waals surface area contributed by atoms with Crippen LogP contribution in [0.2, 0.25) is 0 Å². The van der Waals surface area contributed by atoms with Crippen LogP contribution in [0.1, 0.15) is 40.0 Å². The molecule has 1 aliphatic rings. The number of thiophene rings is 1. The normalized spacial score (nSPS) is 12.9. The fraction of sp³-hybridized carbons (Fsp3) is 0.389. The number of urea groups is 1. The molecule has 24 heavy (non-hydrogen) atoms. The maximum Gasteiger partial charge on any atom is 0.315 e. The van der Waals surface area contributed by atoms with Crippen LogP contribution in [-0.4, -0.2) is 6.03 Å². The van der Waals surface area contributed by atoms with Crippen LogP contribution in [0.4, 0.5) is 4.79 Å². The van der Waals surface area contributed by atoms with Gasteiger partial charge in [0.15, 0.2) is 0 Å². The van der Waals surface area contributed by atoms with Gasteiger partial charge in [0.1, 0.15) is 0 Å². The molecule has 1 heterocycles. The van der Waals surface area contributed by atoms with E-state index in [1.807, 2.05) is 35.6 Å². The molecule has 1 aliphatic carbocycles. The molecule has 130 valence electrons. The number of carbonyl (C=O) groups excluding carboxylic acids is 1. The number of halogens is 1. The second kappa shape index (κ2) is 9.06. The highest BCUT2D eigenvalue weighted by Crippen LogP contribution is 2.29. The highest BCUT2D eigenvalue weighted by atomic mass is 35.5. The van der Waals surface area contributed by atoms with Crippen LogP contribution < -0.4 is 16.4 Å². The van der Waals surface area contributed by atoms with E-state index in [4.69, 9.17) is 5.73 Å². The molecule has 4 nitrogen and oxygen atoms in total. The molecule has 2 amide bonds. The first kappa shape index (κ1) is 18.8. The van der Waals surface area contributed by atoms with Crippen LogP contribution in [0.3, 0.4) is 0 Å². The van der Waals surface area contributed by atoms with Gasteiger partial charge in [0.25, 0.3) is 0 Å². The molecule has 0 saturated heterocycles. The van der Waals surface area contributed by atoms with E-state index >= 15 is 0 Å². The Morgan fingerprint density at radius 3 is 2.46 bits per heavy atom. The third-order valence-electron chi connectivity index (χ3n) is 4.30. The maximum absolute atomic E-state index is 12.0. The van der Waals surface area contributed by atoms with Gasteiger partial charge in [-0.05, 0) is 53.3 Å². The molecule has 0 fully saturated rings. The maximum atomic E-state index is 12.0. The molecule has 0 bridgehead atoms. The van der Waals surface area contributed by atoms with Crippen LogP contribution in [-0.2, 0) is 32.5 Å². The summed E-state index contributed by atoms with van der Waals surface area (Å²) in [5.41, 5.74) is 10.5. The first-order valence-electron chi connectivity index (χ1n) is 8.14. The van der Waals surface area contributed by atoms with Gasteiger partial charge in [-0.3, -0.25) is 0 Å².